The number of hydrogen-bond acceptors (Lipinski definition) is 1. The second-order valence-electron chi connectivity index (χ2n) is 5.44. The summed E-state index contributed by atoms with van der Waals surface area (Å²) in [6, 6.07) is 5.47. The van der Waals surface area contributed by atoms with E-state index < -0.39 is 29.2 Å². The number of nitrogens with one attached hydrogen (secondary N) is 1. The van der Waals surface area contributed by atoms with Crippen molar-refractivity contribution in [2.75, 3.05) is 6.54 Å². The van der Waals surface area contributed by atoms with E-state index >= 15 is 0 Å². The Morgan fingerprint density at radius 3 is 2.12 bits per heavy atom. The molecule has 0 unspecified atom stereocenters. The molecule has 1 N–H and O–H groups in total. The van der Waals surface area contributed by atoms with Gasteiger partial charge in [-0.3, -0.25) is 0 Å². The van der Waals surface area contributed by atoms with Crippen molar-refractivity contribution in [2.24, 2.45) is 0 Å². The molecule has 0 radical (unpaired) electrons. The number of halogens is 7. The van der Waals surface area contributed by atoms with Crippen LogP contribution >= 0.6 is 15.9 Å². The minimum atomic E-state index is -4.42. The maximum absolute atomic E-state index is 13.0. The Morgan fingerprint density at radius 2 is 1.60 bits per heavy atom. The van der Waals surface area contributed by atoms with Crippen LogP contribution in [0.15, 0.2) is 40.9 Å². The van der Waals surface area contributed by atoms with Gasteiger partial charge in [-0.1, -0.05) is 0 Å². The first-order valence-electron chi connectivity index (χ1n) is 7.39. The Bertz CT molecular complexity index is 726. The first-order chi connectivity index (χ1) is 11.7. The molecule has 1 aliphatic rings. The van der Waals surface area contributed by atoms with Gasteiger partial charge in [0.05, 0.1) is 10.0 Å². The highest BCUT2D eigenvalue weighted by Crippen LogP contribution is 2.37. The molecular formula is C17H14BrF6N. The number of rotatable bonds is 1. The van der Waals surface area contributed by atoms with Crippen LogP contribution in [0.25, 0.3) is 0 Å². The van der Waals surface area contributed by atoms with Gasteiger partial charge >= 0.3 is 6.18 Å². The molecule has 1 heterocycles. The third-order valence-corrected chi connectivity index (χ3v) is 4.24. The standard InChI is InChI=1S/C11H11F4N.C6H3BrF2/c12-7-3-4-9(11(13,14)15)8(6-7)10-2-1-5-16-10;7-5-3-4(8)1-2-6(5)9/h3-4,6,10,16H,1-2,5H2;1-3H/t10-;/m1./s1. The average molecular weight is 426 g/mol. The monoisotopic (exact) mass is 425 g/mol. The molecule has 25 heavy (non-hydrogen) atoms. The van der Waals surface area contributed by atoms with Gasteiger partial charge in [-0.25, -0.2) is 13.2 Å². The second kappa shape index (κ2) is 8.23. The molecule has 2 aromatic carbocycles. The Balaban J connectivity index is 0.000000212. The molecule has 0 bridgehead atoms. The molecule has 0 amide bonds. The SMILES string of the molecule is Fc1ccc(C(F)(F)F)c([C@H]2CCCN2)c1.Fc1ccc(F)c(Br)c1. The fraction of sp³-hybridized carbons (Fsp3) is 0.294. The lowest BCUT2D eigenvalue weighted by molar-refractivity contribution is -0.138. The van der Waals surface area contributed by atoms with Crippen LogP contribution in [0.5, 0.6) is 0 Å². The summed E-state index contributed by atoms with van der Waals surface area (Å²) >= 11 is 2.83. The van der Waals surface area contributed by atoms with E-state index in [0.717, 1.165) is 42.8 Å². The zero-order valence-corrected chi connectivity index (χ0v) is 14.4. The molecule has 1 nitrogen and oxygen atoms in total. The first-order valence-corrected chi connectivity index (χ1v) is 8.18. The highest BCUT2D eigenvalue weighted by Gasteiger charge is 2.35. The Labute approximate surface area is 149 Å². The Kier molecular flexibility index (Phi) is 6.51. The fourth-order valence-corrected chi connectivity index (χ4v) is 2.85. The van der Waals surface area contributed by atoms with Gasteiger partial charge in [-0.05, 0) is 77.3 Å². The van der Waals surface area contributed by atoms with Gasteiger partial charge in [0.25, 0.3) is 0 Å². The van der Waals surface area contributed by atoms with Crippen molar-refractivity contribution in [3.05, 3.63) is 69.4 Å². The Morgan fingerprint density at radius 1 is 0.960 bits per heavy atom. The summed E-state index contributed by atoms with van der Waals surface area (Å²) in [5.41, 5.74) is -0.724. The largest absolute Gasteiger partial charge is 0.416 e. The van der Waals surface area contributed by atoms with E-state index in [0.29, 0.717) is 13.0 Å². The van der Waals surface area contributed by atoms with E-state index in [1.54, 1.807) is 0 Å². The topological polar surface area (TPSA) is 12.0 Å². The Hall–Kier alpha value is -1.54. The minimum Gasteiger partial charge on any atom is -0.310 e. The summed E-state index contributed by atoms with van der Waals surface area (Å²) in [5.74, 6) is -1.52. The normalized spacial score (nSPS) is 17.2. The van der Waals surface area contributed by atoms with E-state index in [9.17, 15) is 26.3 Å². The summed E-state index contributed by atoms with van der Waals surface area (Å²) in [4.78, 5) is 0. The summed E-state index contributed by atoms with van der Waals surface area (Å²) in [5, 5.41) is 2.95. The maximum atomic E-state index is 13.0. The summed E-state index contributed by atoms with van der Waals surface area (Å²) < 4.78 is 75.6. The van der Waals surface area contributed by atoms with Crippen LogP contribution in [0.3, 0.4) is 0 Å². The van der Waals surface area contributed by atoms with Gasteiger partial charge in [0.2, 0.25) is 0 Å². The molecule has 0 saturated carbocycles. The average Bonchev–Trinajstić information content (AvgIpc) is 3.05. The first kappa shape index (κ1) is 19.8. The van der Waals surface area contributed by atoms with Crippen molar-refractivity contribution in [3.8, 4) is 0 Å². The molecule has 1 atom stereocenters. The lowest BCUT2D eigenvalue weighted by Crippen LogP contribution is -2.18. The van der Waals surface area contributed by atoms with Crippen LogP contribution in [0, 0.1) is 17.5 Å². The lowest BCUT2D eigenvalue weighted by atomic mass is 9.98. The van der Waals surface area contributed by atoms with E-state index in [-0.39, 0.29) is 16.1 Å². The molecular weight excluding hydrogens is 412 g/mol. The summed E-state index contributed by atoms with van der Waals surface area (Å²) in [6.07, 6.45) is -2.99. The lowest BCUT2D eigenvalue weighted by Gasteiger charge is -2.17. The zero-order chi connectivity index (χ0) is 18.6. The molecule has 1 aliphatic heterocycles. The number of benzene rings is 2. The van der Waals surface area contributed by atoms with Crippen LogP contribution in [0.2, 0.25) is 0 Å². The smallest absolute Gasteiger partial charge is 0.310 e. The van der Waals surface area contributed by atoms with Crippen LogP contribution in [0.1, 0.15) is 30.0 Å². The van der Waals surface area contributed by atoms with E-state index in [2.05, 4.69) is 21.2 Å². The molecule has 3 rings (SSSR count). The molecule has 136 valence electrons. The van der Waals surface area contributed by atoms with Crippen LogP contribution in [0.4, 0.5) is 26.3 Å². The molecule has 0 spiro atoms. The molecule has 0 aromatic heterocycles. The van der Waals surface area contributed by atoms with Crippen LogP contribution < -0.4 is 5.32 Å². The fourth-order valence-electron chi connectivity index (χ4n) is 2.50. The molecule has 8 heteroatoms. The zero-order valence-electron chi connectivity index (χ0n) is 12.8. The minimum absolute atomic E-state index is 0.0185. The second-order valence-corrected chi connectivity index (χ2v) is 6.29. The van der Waals surface area contributed by atoms with Gasteiger partial charge < -0.3 is 5.32 Å². The van der Waals surface area contributed by atoms with E-state index in [4.69, 9.17) is 0 Å². The van der Waals surface area contributed by atoms with Crippen molar-refractivity contribution in [1.29, 1.82) is 0 Å². The summed E-state index contributed by atoms with van der Waals surface area (Å²) in [6.45, 7) is 0.679. The van der Waals surface area contributed by atoms with Gasteiger partial charge in [0.1, 0.15) is 17.5 Å². The van der Waals surface area contributed by atoms with Crippen molar-refractivity contribution in [2.45, 2.75) is 25.1 Å². The van der Waals surface area contributed by atoms with E-state index in [1.807, 2.05) is 0 Å². The highest BCUT2D eigenvalue weighted by molar-refractivity contribution is 9.10. The molecule has 1 saturated heterocycles. The van der Waals surface area contributed by atoms with Crippen molar-refractivity contribution in [3.63, 3.8) is 0 Å². The maximum Gasteiger partial charge on any atom is 0.416 e. The van der Waals surface area contributed by atoms with Crippen molar-refractivity contribution >= 4 is 15.9 Å². The van der Waals surface area contributed by atoms with Gasteiger partial charge in [-0.15, -0.1) is 0 Å². The number of alkyl halides is 3. The predicted octanol–water partition coefficient (Wildman–Crippen LogP) is 6.00. The van der Waals surface area contributed by atoms with Crippen molar-refractivity contribution < 1.29 is 26.3 Å². The molecule has 0 aliphatic carbocycles. The highest BCUT2D eigenvalue weighted by atomic mass is 79.9. The molecule has 1 fully saturated rings. The van der Waals surface area contributed by atoms with Crippen LogP contribution in [-0.2, 0) is 6.18 Å². The number of hydrogen-bond donors (Lipinski definition) is 1. The van der Waals surface area contributed by atoms with Gasteiger partial charge in [0.15, 0.2) is 0 Å². The quantitative estimate of drug-likeness (QED) is 0.436. The van der Waals surface area contributed by atoms with Gasteiger partial charge in [-0.2, -0.15) is 13.2 Å². The summed E-state index contributed by atoms with van der Waals surface area (Å²) in [7, 11) is 0. The van der Waals surface area contributed by atoms with Crippen LogP contribution in [-0.4, -0.2) is 6.54 Å². The third kappa shape index (κ3) is 5.47. The van der Waals surface area contributed by atoms with Crippen molar-refractivity contribution in [1.82, 2.24) is 5.32 Å². The van der Waals surface area contributed by atoms with Gasteiger partial charge in [0, 0.05) is 6.04 Å². The predicted molar refractivity (Wildman–Crippen MR) is 85.4 cm³/mol. The third-order valence-electron chi connectivity index (χ3n) is 3.64. The van der Waals surface area contributed by atoms with E-state index in [1.165, 1.54) is 0 Å². The molecule has 2 aromatic rings.